The highest BCUT2D eigenvalue weighted by Gasteiger charge is 2.32. The van der Waals surface area contributed by atoms with Gasteiger partial charge in [0.05, 0.1) is 13.7 Å². The predicted molar refractivity (Wildman–Crippen MR) is 147 cm³/mol. The van der Waals surface area contributed by atoms with Crippen LogP contribution in [0.15, 0.2) is 48.5 Å². The van der Waals surface area contributed by atoms with Gasteiger partial charge in [0.2, 0.25) is 0 Å². The molecule has 37 heavy (non-hydrogen) atoms. The van der Waals surface area contributed by atoms with E-state index in [9.17, 15) is 19.5 Å². The molecule has 8 nitrogen and oxygen atoms in total. The highest BCUT2D eigenvalue weighted by Crippen LogP contribution is 2.22. The molecule has 0 bridgehead atoms. The average molecular weight is 548 g/mol. The van der Waals surface area contributed by atoms with Crippen LogP contribution in [0, 0.1) is 0 Å². The smallest absolute Gasteiger partial charge is 0.328 e. The van der Waals surface area contributed by atoms with Crippen molar-refractivity contribution in [2.45, 2.75) is 18.6 Å². The topological polar surface area (TPSA) is 90.4 Å². The maximum atomic E-state index is 13.1. The quantitative estimate of drug-likeness (QED) is 0.342. The van der Waals surface area contributed by atoms with Crippen molar-refractivity contribution in [1.82, 2.24) is 9.80 Å². The first-order chi connectivity index (χ1) is 17.9. The summed E-state index contributed by atoms with van der Waals surface area (Å²) in [4.78, 5) is 43.9. The number of thioether (sulfide) groups is 1. The molecule has 1 aliphatic rings. The van der Waals surface area contributed by atoms with E-state index in [0.29, 0.717) is 30.1 Å². The van der Waals surface area contributed by atoms with Crippen LogP contribution >= 0.6 is 23.4 Å². The minimum atomic E-state index is -1.01. The molecule has 1 heterocycles. The third kappa shape index (κ3) is 7.95. The van der Waals surface area contributed by atoms with Gasteiger partial charge in [-0.05, 0) is 54.1 Å². The van der Waals surface area contributed by atoms with Crippen molar-refractivity contribution in [1.29, 1.82) is 0 Å². The zero-order valence-corrected chi connectivity index (χ0v) is 22.8. The summed E-state index contributed by atoms with van der Waals surface area (Å²) >= 11 is 7.13. The molecule has 3 rings (SSSR count). The Morgan fingerprint density at radius 2 is 1.70 bits per heavy atom. The Labute approximate surface area is 227 Å². The number of hydrogen-bond donors (Lipinski definition) is 1. The van der Waals surface area contributed by atoms with Crippen molar-refractivity contribution in [2.75, 3.05) is 63.6 Å². The highest BCUT2D eigenvalue weighted by molar-refractivity contribution is 8.01. The number of carbonyl (C=O) groups is 3. The Hall–Kier alpha value is -2.59. The van der Waals surface area contributed by atoms with E-state index in [2.05, 4.69) is 4.90 Å². The van der Waals surface area contributed by atoms with Gasteiger partial charge in [0.15, 0.2) is 5.25 Å². The number of nitrogens with zero attached hydrogens (tertiary/aromatic N) is 3. The monoisotopic (exact) mass is 547 g/mol. The van der Waals surface area contributed by atoms with E-state index < -0.39 is 17.1 Å². The fourth-order valence-corrected chi connectivity index (χ4v) is 5.16. The van der Waals surface area contributed by atoms with Gasteiger partial charge in [-0.1, -0.05) is 30.7 Å². The Balaban J connectivity index is 1.58. The number of hydrogen-bond acceptors (Lipinski definition) is 7. The summed E-state index contributed by atoms with van der Waals surface area (Å²) in [5.41, 5.74) is 2.28. The van der Waals surface area contributed by atoms with Crippen molar-refractivity contribution in [3.8, 4) is 0 Å². The number of aliphatic hydroxyl groups is 1. The number of rotatable bonds is 11. The summed E-state index contributed by atoms with van der Waals surface area (Å²) < 4.78 is 4.79. The van der Waals surface area contributed by atoms with E-state index in [4.69, 9.17) is 16.3 Å². The molecule has 1 aliphatic heterocycles. The van der Waals surface area contributed by atoms with Crippen molar-refractivity contribution in [3.63, 3.8) is 0 Å². The number of anilines is 1. The van der Waals surface area contributed by atoms with Crippen molar-refractivity contribution in [2.24, 2.45) is 0 Å². The normalized spacial score (nSPS) is 14.8. The number of piperazine rings is 1. The molecule has 1 N–H and O–H groups in total. The van der Waals surface area contributed by atoms with Gasteiger partial charge < -0.3 is 19.6 Å². The molecule has 10 heteroatoms. The fraction of sp³-hybridized carbons (Fsp3) is 0.444. The van der Waals surface area contributed by atoms with Gasteiger partial charge >= 0.3 is 5.97 Å². The number of esters is 1. The minimum absolute atomic E-state index is 0.0296. The Morgan fingerprint density at radius 3 is 2.27 bits per heavy atom. The van der Waals surface area contributed by atoms with E-state index in [1.54, 1.807) is 24.3 Å². The number of aliphatic hydroxyl groups excluding tert-OH is 1. The van der Waals surface area contributed by atoms with E-state index >= 15 is 0 Å². The second-order valence-electron chi connectivity index (χ2n) is 8.63. The van der Waals surface area contributed by atoms with Crippen LogP contribution in [0.5, 0.6) is 0 Å². The molecular formula is C27H34ClN3O5S. The molecule has 2 amide bonds. The molecule has 1 fully saturated rings. The molecule has 0 saturated carbocycles. The van der Waals surface area contributed by atoms with Crippen LogP contribution in [0.4, 0.5) is 5.69 Å². The summed E-state index contributed by atoms with van der Waals surface area (Å²) in [6.07, 6.45) is 0.934. The standard InChI is InChI=1S/C27H34ClN3O5S/c1-3-37-24(27(35)36-2)26(34)31(18-19-32)23-10-6-21(7-11-23)25(33)30-16-14-29(15-17-30)13-12-20-4-8-22(28)9-5-20/h4-11,24,32H,3,12-19H2,1-2H3. The highest BCUT2D eigenvalue weighted by atomic mass is 35.5. The number of carbonyl (C=O) groups excluding carboxylic acids is 3. The fourth-order valence-electron chi connectivity index (χ4n) is 4.20. The third-order valence-electron chi connectivity index (χ3n) is 6.28. The lowest BCUT2D eigenvalue weighted by Crippen LogP contribution is -2.49. The molecule has 1 unspecified atom stereocenters. The van der Waals surface area contributed by atoms with Crippen LogP contribution in [0.1, 0.15) is 22.8 Å². The first-order valence-electron chi connectivity index (χ1n) is 12.4. The van der Waals surface area contributed by atoms with Crippen LogP contribution in [0.2, 0.25) is 5.02 Å². The SMILES string of the molecule is CCSC(C(=O)OC)C(=O)N(CCO)c1ccc(C(=O)N2CCN(CCc3ccc(Cl)cc3)CC2)cc1. The minimum Gasteiger partial charge on any atom is -0.468 e. The summed E-state index contributed by atoms with van der Waals surface area (Å²) in [5, 5.41) is 9.23. The van der Waals surface area contributed by atoms with E-state index in [1.807, 2.05) is 36.1 Å². The van der Waals surface area contributed by atoms with Gasteiger partial charge in [0.25, 0.3) is 11.8 Å². The maximum Gasteiger partial charge on any atom is 0.328 e. The molecular weight excluding hydrogens is 514 g/mol. The lowest BCUT2D eigenvalue weighted by atomic mass is 10.1. The van der Waals surface area contributed by atoms with Gasteiger partial charge in [-0.2, -0.15) is 0 Å². The van der Waals surface area contributed by atoms with Crippen molar-refractivity contribution in [3.05, 3.63) is 64.7 Å². The Kier molecular flexibility index (Phi) is 11.3. The molecule has 2 aromatic rings. The van der Waals surface area contributed by atoms with E-state index in [1.165, 1.54) is 29.3 Å². The van der Waals surface area contributed by atoms with E-state index in [-0.39, 0.29) is 19.1 Å². The number of halogens is 1. The Morgan fingerprint density at radius 1 is 1.05 bits per heavy atom. The number of amides is 2. The van der Waals surface area contributed by atoms with Crippen LogP contribution in [0.25, 0.3) is 0 Å². The summed E-state index contributed by atoms with van der Waals surface area (Å²) in [7, 11) is 1.25. The molecule has 1 saturated heterocycles. The van der Waals surface area contributed by atoms with Gasteiger partial charge in [-0.15, -0.1) is 11.8 Å². The number of methoxy groups -OCH3 is 1. The average Bonchev–Trinajstić information content (AvgIpc) is 2.93. The molecule has 0 aromatic heterocycles. The molecule has 0 aliphatic carbocycles. The molecule has 0 radical (unpaired) electrons. The summed E-state index contributed by atoms with van der Waals surface area (Å²) in [5.74, 6) is -0.585. The van der Waals surface area contributed by atoms with Crippen LogP contribution in [0.3, 0.4) is 0 Å². The maximum absolute atomic E-state index is 13.1. The predicted octanol–water partition coefficient (Wildman–Crippen LogP) is 2.96. The largest absolute Gasteiger partial charge is 0.468 e. The second-order valence-corrected chi connectivity index (χ2v) is 10.4. The van der Waals surface area contributed by atoms with Crippen LogP contribution in [-0.4, -0.2) is 96.7 Å². The first kappa shape index (κ1) is 29.0. The lowest BCUT2D eigenvalue weighted by molar-refractivity contribution is -0.142. The van der Waals surface area contributed by atoms with Crippen molar-refractivity contribution < 1.29 is 24.2 Å². The first-order valence-corrected chi connectivity index (χ1v) is 13.8. The zero-order chi connectivity index (χ0) is 26.8. The summed E-state index contributed by atoms with van der Waals surface area (Å²) in [6, 6.07) is 14.6. The number of ether oxygens (including phenoxy) is 1. The van der Waals surface area contributed by atoms with Crippen LogP contribution in [-0.2, 0) is 20.7 Å². The van der Waals surface area contributed by atoms with Crippen LogP contribution < -0.4 is 4.90 Å². The summed E-state index contributed by atoms with van der Waals surface area (Å²) in [6.45, 7) is 5.44. The van der Waals surface area contributed by atoms with E-state index in [0.717, 1.165) is 31.1 Å². The van der Waals surface area contributed by atoms with Gasteiger partial charge in [0, 0.05) is 55.5 Å². The van der Waals surface area contributed by atoms with Gasteiger partial charge in [-0.25, -0.2) is 0 Å². The Bertz CT molecular complexity index is 1040. The van der Waals surface area contributed by atoms with Gasteiger partial charge in [0.1, 0.15) is 0 Å². The lowest BCUT2D eigenvalue weighted by Gasteiger charge is -2.35. The molecule has 2 aromatic carbocycles. The molecule has 1 atom stereocenters. The third-order valence-corrected chi connectivity index (χ3v) is 7.59. The molecule has 0 spiro atoms. The van der Waals surface area contributed by atoms with Gasteiger partial charge in [-0.3, -0.25) is 19.3 Å². The molecule has 200 valence electrons. The zero-order valence-electron chi connectivity index (χ0n) is 21.3. The van der Waals surface area contributed by atoms with Crippen molar-refractivity contribution >= 4 is 46.8 Å². The number of benzene rings is 2. The second kappa shape index (κ2) is 14.4.